The highest BCUT2D eigenvalue weighted by atomic mass is 35.5. The molecule has 0 atom stereocenters. The van der Waals surface area contributed by atoms with E-state index in [0.29, 0.717) is 21.2 Å². The van der Waals surface area contributed by atoms with Gasteiger partial charge in [0, 0.05) is 16.8 Å². The molecule has 2 heterocycles. The molecule has 2 aromatic carbocycles. The van der Waals surface area contributed by atoms with Gasteiger partial charge in [0.1, 0.15) is 23.2 Å². The van der Waals surface area contributed by atoms with Crippen molar-refractivity contribution in [2.24, 2.45) is 0 Å². The van der Waals surface area contributed by atoms with Crippen LogP contribution in [-0.2, 0) is 13.2 Å². The van der Waals surface area contributed by atoms with Gasteiger partial charge in [-0.25, -0.2) is 4.39 Å². The van der Waals surface area contributed by atoms with Gasteiger partial charge in [-0.2, -0.15) is 5.10 Å². The number of amides is 1. The Hall–Kier alpha value is -2.58. The molecule has 0 unspecified atom stereocenters. The van der Waals surface area contributed by atoms with Crippen LogP contribution in [-0.4, -0.2) is 15.7 Å². The summed E-state index contributed by atoms with van der Waals surface area (Å²) in [5.41, 5.74) is 1.51. The summed E-state index contributed by atoms with van der Waals surface area (Å²) in [5.74, 6) is 0.0332. The number of para-hydroxylation sites is 1. The number of thiophene rings is 1. The van der Waals surface area contributed by atoms with Gasteiger partial charge in [-0.15, -0.1) is 11.3 Å². The molecule has 4 rings (SSSR count). The lowest BCUT2D eigenvalue weighted by Gasteiger charge is -2.06. The molecule has 0 aliphatic carbocycles. The molecule has 0 aliphatic rings. The molecule has 0 saturated heterocycles. The van der Waals surface area contributed by atoms with Crippen LogP contribution in [0, 0.1) is 5.82 Å². The summed E-state index contributed by atoms with van der Waals surface area (Å²) in [6.45, 7) is 0.554. The number of benzene rings is 2. The predicted molar refractivity (Wildman–Crippen MR) is 126 cm³/mol. The Morgan fingerprint density at radius 1 is 1.09 bits per heavy atom. The van der Waals surface area contributed by atoms with Gasteiger partial charge in [0.05, 0.1) is 16.4 Å². The van der Waals surface area contributed by atoms with Crippen molar-refractivity contribution in [3.63, 3.8) is 0 Å². The lowest BCUT2D eigenvalue weighted by Crippen LogP contribution is -2.12. The number of hydrogen-bond acceptors (Lipinski definition) is 4. The zero-order valence-corrected chi connectivity index (χ0v) is 19.4. The second-order valence-corrected chi connectivity index (χ2v) is 8.88. The van der Waals surface area contributed by atoms with Crippen LogP contribution in [0.2, 0.25) is 15.1 Å². The zero-order chi connectivity index (χ0) is 22.7. The average molecular weight is 511 g/mol. The number of anilines is 1. The van der Waals surface area contributed by atoms with Gasteiger partial charge in [-0.3, -0.25) is 9.48 Å². The van der Waals surface area contributed by atoms with Crippen LogP contribution in [0.1, 0.15) is 20.8 Å². The summed E-state index contributed by atoms with van der Waals surface area (Å²) < 4.78 is 20.4. The molecule has 1 N–H and O–H groups in total. The maximum Gasteiger partial charge on any atom is 0.266 e. The number of hydrogen-bond donors (Lipinski definition) is 1. The Balaban J connectivity index is 1.39. The molecule has 164 valence electrons. The van der Waals surface area contributed by atoms with Gasteiger partial charge >= 0.3 is 0 Å². The molecule has 0 fully saturated rings. The van der Waals surface area contributed by atoms with E-state index in [1.54, 1.807) is 30.5 Å². The van der Waals surface area contributed by atoms with E-state index in [-0.39, 0.29) is 34.9 Å². The predicted octanol–water partition coefficient (Wildman–Crippen LogP) is 6.92. The lowest BCUT2D eigenvalue weighted by atomic mass is 10.2. The average Bonchev–Trinajstić information content (AvgIpc) is 3.36. The molecule has 10 heteroatoms. The van der Waals surface area contributed by atoms with E-state index in [4.69, 9.17) is 39.5 Å². The summed E-state index contributed by atoms with van der Waals surface area (Å²) >= 11 is 19.7. The minimum atomic E-state index is -0.419. The summed E-state index contributed by atoms with van der Waals surface area (Å²) in [5, 5.41) is 9.91. The van der Waals surface area contributed by atoms with Crippen molar-refractivity contribution < 1.29 is 13.9 Å². The molecular weight excluding hydrogens is 496 g/mol. The molecule has 2 aromatic heterocycles. The van der Waals surface area contributed by atoms with Gasteiger partial charge in [-0.05, 0) is 41.3 Å². The highest BCUT2D eigenvalue weighted by Gasteiger charge is 2.15. The summed E-state index contributed by atoms with van der Waals surface area (Å²) in [6.07, 6.45) is 1.56. The van der Waals surface area contributed by atoms with Crippen molar-refractivity contribution in [3.8, 4) is 5.75 Å². The van der Waals surface area contributed by atoms with Gasteiger partial charge in [0.15, 0.2) is 5.82 Å². The fourth-order valence-electron chi connectivity index (χ4n) is 2.85. The minimum Gasteiger partial charge on any atom is -0.487 e. The van der Waals surface area contributed by atoms with Crippen LogP contribution < -0.4 is 10.1 Å². The zero-order valence-electron chi connectivity index (χ0n) is 16.3. The van der Waals surface area contributed by atoms with E-state index >= 15 is 0 Å². The number of carbonyl (C=O) groups is 1. The van der Waals surface area contributed by atoms with E-state index in [0.717, 1.165) is 5.56 Å². The van der Waals surface area contributed by atoms with E-state index in [1.165, 1.54) is 28.2 Å². The van der Waals surface area contributed by atoms with Crippen LogP contribution in [0.4, 0.5) is 10.2 Å². The van der Waals surface area contributed by atoms with Crippen LogP contribution >= 0.6 is 46.1 Å². The van der Waals surface area contributed by atoms with Crippen molar-refractivity contribution >= 4 is 57.9 Å². The van der Waals surface area contributed by atoms with Gasteiger partial charge in [0.2, 0.25) is 0 Å². The molecule has 0 bridgehead atoms. The first kappa shape index (κ1) is 22.6. The Morgan fingerprint density at radius 2 is 1.91 bits per heavy atom. The fraction of sp³-hybridized carbons (Fsp3) is 0.0909. The molecule has 4 aromatic rings. The van der Waals surface area contributed by atoms with Crippen LogP contribution in [0.3, 0.4) is 0 Å². The molecule has 1 amide bonds. The molecule has 5 nitrogen and oxygen atoms in total. The van der Waals surface area contributed by atoms with Crippen LogP contribution in [0.15, 0.2) is 60.1 Å². The number of halogens is 4. The maximum atomic E-state index is 13.2. The number of nitrogens with zero attached hydrogens (tertiary/aromatic N) is 2. The van der Waals surface area contributed by atoms with Crippen molar-refractivity contribution in [2.75, 3.05) is 5.32 Å². The quantitative estimate of drug-likeness (QED) is 0.293. The number of aromatic nitrogens is 2. The first-order chi connectivity index (χ1) is 15.4. The molecule has 0 saturated carbocycles. The Kier molecular flexibility index (Phi) is 7.01. The normalized spacial score (nSPS) is 10.9. The molecule has 0 radical (unpaired) electrons. The largest absolute Gasteiger partial charge is 0.487 e. The van der Waals surface area contributed by atoms with E-state index < -0.39 is 5.82 Å². The third kappa shape index (κ3) is 5.42. The smallest absolute Gasteiger partial charge is 0.266 e. The first-order valence-electron chi connectivity index (χ1n) is 9.32. The number of carbonyl (C=O) groups excluding carboxylic acids is 1. The molecule has 32 heavy (non-hydrogen) atoms. The van der Waals surface area contributed by atoms with E-state index in [2.05, 4.69) is 10.4 Å². The first-order valence-corrected chi connectivity index (χ1v) is 11.3. The third-order valence-electron chi connectivity index (χ3n) is 4.40. The van der Waals surface area contributed by atoms with Gasteiger partial charge < -0.3 is 10.1 Å². The van der Waals surface area contributed by atoms with Gasteiger partial charge in [0.25, 0.3) is 5.91 Å². The van der Waals surface area contributed by atoms with Crippen molar-refractivity contribution in [1.82, 2.24) is 9.78 Å². The third-order valence-corrected chi connectivity index (χ3v) is 6.32. The highest BCUT2D eigenvalue weighted by Crippen LogP contribution is 2.26. The lowest BCUT2D eigenvalue weighted by molar-refractivity contribution is 0.103. The van der Waals surface area contributed by atoms with Crippen molar-refractivity contribution in [1.29, 1.82) is 0 Å². The fourth-order valence-corrected chi connectivity index (χ4v) is 4.26. The van der Waals surface area contributed by atoms with Crippen molar-refractivity contribution in [2.45, 2.75) is 13.2 Å². The minimum absolute atomic E-state index is 0.220. The Labute approximate surface area is 202 Å². The summed E-state index contributed by atoms with van der Waals surface area (Å²) in [4.78, 5) is 13.1. The second-order valence-electron chi connectivity index (χ2n) is 6.75. The standard InChI is InChI=1S/C22H15Cl3FN3O2S/c23-16-3-1-2-4-19(16)31-11-13-7-20(32-12-13)22(30)27-21-18(25)10-29(28-21)9-14-5-6-15(26)8-17(14)24/h1-8,10,12H,9,11H2,(H,27,28,30). The van der Waals surface area contributed by atoms with E-state index in [9.17, 15) is 9.18 Å². The molecule has 0 spiro atoms. The van der Waals surface area contributed by atoms with Crippen LogP contribution in [0.5, 0.6) is 5.75 Å². The summed E-state index contributed by atoms with van der Waals surface area (Å²) in [6, 6.07) is 13.0. The molecule has 0 aliphatic heterocycles. The number of rotatable bonds is 7. The summed E-state index contributed by atoms with van der Waals surface area (Å²) in [7, 11) is 0. The van der Waals surface area contributed by atoms with E-state index in [1.807, 2.05) is 17.5 Å². The maximum absolute atomic E-state index is 13.2. The monoisotopic (exact) mass is 509 g/mol. The Morgan fingerprint density at radius 3 is 2.69 bits per heavy atom. The van der Waals surface area contributed by atoms with Crippen molar-refractivity contribution in [3.05, 3.63) is 97.0 Å². The number of ether oxygens (including phenoxy) is 1. The number of nitrogens with one attached hydrogen (secondary N) is 1. The highest BCUT2D eigenvalue weighted by molar-refractivity contribution is 7.12. The topological polar surface area (TPSA) is 56.2 Å². The van der Waals surface area contributed by atoms with Crippen LogP contribution in [0.25, 0.3) is 0 Å². The SMILES string of the molecule is O=C(Nc1nn(Cc2ccc(F)cc2Cl)cc1Cl)c1cc(COc2ccccc2Cl)cs1. The second kappa shape index (κ2) is 9.92. The Bertz CT molecular complexity index is 1280. The van der Waals surface area contributed by atoms with Gasteiger partial charge in [-0.1, -0.05) is 53.0 Å². The molecular formula is C22H15Cl3FN3O2S.